The number of hydrogen-bond donors (Lipinski definition) is 1. The Balaban J connectivity index is 1.54. The highest BCUT2D eigenvalue weighted by atomic mass is 32.2. The zero-order valence-corrected chi connectivity index (χ0v) is 18.6. The van der Waals surface area contributed by atoms with Crippen LogP contribution in [0.25, 0.3) is 11.0 Å². The molecule has 170 valence electrons. The average Bonchev–Trinajstić information content (AvgIpc) is 3.21. The molecule has 4 rings (SSSR count). The first kappa shape index (κ1) is 22.1. The van der Waals surface area contributed by atoms with Crippen LogP contribution in [-0.4, -0.2) is 59.2 Å². The van der Waals surface area contributed by atoms with Crippen LogP contribution in [-0.2, 0) is 26.0 Å². The zero-order valence-electron chi connectivity index (χ0n) is 17.8. The Hall–Kier alpha value is -3.08. The average molecular weight is 461 g/mol. The van der Waals surface area contributed by atoms with Crippen molar-refractivity contribution in [3.63, 3.8) is 0 Å². The Labute approximate surface area is 185 Å². The molecule has 10 heteroatoms. The molecular weight excluding hydrogens is 436 g/mol. The number of benzene rings is 2. The summed E-state index contributed by atoms with van der Waals surface area (Å²) < 4.78 is 48.8. The van der Waals surface area contributed by atoms with E-state index < -0.39 is 10.0 Å². The third-order valence-corrected chi connectivity index (χ3v) is 7.17. The smallest absolute Gasteiger partial charge is 0.246 e. The molecule has 1 amide bonds. The Bertz CT molecular complexity index is 1230. The fourth-order valence-electron chi connectivity index (χ4n) is 3.59. The van der Waals surface area contributed by atoms with Gasteiger partial charge in [0.15, 0.2) is 0 Å². The Kier molecular flexibility index (Phi) is 6.35. The second-order valence-corrected chi connectivity index (χ2v) is 9.14. The molecule has 0 saturated carbocycles. The van der Waals surface area contributed by atoms with Gasteiger partial charge >= 0.3 is 0 Å². The lowest BCUT2D eigenvalue weighted by molar-refractivity contribution is -0.115. The van der Waals surface area contributed by atoms with Gasteiger partial charge in [0.05, 0.1) is 40.1 Å². The number of carbonyl (C=O) groups is 1. The van der Waals surface area contributed by atoms with E-state index in [-0.39, 0.29) is 36.1 Å². The summed E-state index contributed by atoms with van der Waals surface area (Å²) in [5.74, 6) is 0.572. The van der Waals surface area contributed by atoms with Crippen LogP contribution < -0.4 is 14.8 Å². The number of nitrogens with zero attached hydrogens (tertiary/aromatic N) is 1. The van der Waals surface area contributed by atoms with Crippen molar-refractivity contribution >= 4 is 32.6 Å². The van der Waals surface area contributed by atoms with Crippen molar-refractivity contribution in [3.05, 3.63) is 48.2 Å². The van der Waals surface area contributed by atoms with Crippen molar-refractivity contribution in [3.8, 4) is 11.5 Å². The lowest BCUT2D eigenvalue weighted by Gasteiger charge is -2.26. The fourth-order valence-corrected chi connectivity index (χ4v) is 5.18. The van der Waals surface area contributed by atoms with E-state index in [1.165, 1.54) is 29.8 Å². The van der Waals surface area contributed by atoms with E-state index in [4.69, 9.17) is 18.6 Å². The lowest BCUT2D eigenvalue weighted by Crippen LogP contribution is -2.40. The maximum absolute atomic E-state index is 13.1. The van der Waals surface area contributed by atoms with Gasteiger partial charge in [-0.25, -0.2) is 8.42 Å². The van der Waals surface area contributed by atoms with Crippen LogP contribution in [0.1, 0.15) is 5.56 Å². The summed E-state index contributed by atoms with van der Waals surface area (Å²) in [6.45, 7) is 1.20. The SMILES string of the molecule is COc1ccc2c(CC(=O)Nc3ccc(OC)c(S(=O)(=O)N4CCOCC4)c3)coc2c1. The number of hydrogen-bond acceptors (Lipinski definition) is 7. The van der Waals surface area contributed by atoms with Gasteiger partial charge in [-0.2, -0.15) is 4.31 Å². The molecule has 0 radical (unpaired) electrons. The fraction of sp³-hybridized carbons (Fsp3) is 0.318. The zero-order chi connectivity index (χ0) is 22.7. The molecule has 2 heterocycles. The molecular formula is C22H24N2O7S. The van der Waals surface area contributed by atoms with Gasteiger partial charge in [-0.05, 0) is 30.3 Å². The minimum atomic E-state index is -3.80. The van der Waals surface area contributed by atoms with Gasteiger partial charge in [-0.15, -0.1) is 0 Å². The standard InChI is InChI=1S/C22H24N2O7S/c1-28-17-4-5-18-15(14-31-20(18)13-17)11-22(25)23-16-3-6-19(29-2)21(12-16)32(26,27)24-7-9-30-10-8-24/h3-6,12-14H,7-11H2,1-2H3,(H,23,25). The molecule has 1 aliphatic heterocycles. The number of amides is 1. The van der Waals surface area contributed by atoms with Crippen molar-refractivity contribution in [2.24, 2.45) is 0 Å². The van der Waals surface area contributed by atoms with Crippen LogP contribution in [0, 0.1) is 0 Å². The van der Waals surface area contributed by atoms with Crippen LogP contribution >= 0.6 is 0 Å². The molecule has 1 aliphatic rings. The van der Waals surface area contributed by atoms with Crippen LogP contribution in [0.3, 0.4) is 0 Å². The van der Waals surface area contributed by atoms with E-state index in [0.29, 0.717) is 30.2 Å². The summed E-state index contributed by atoms with van der Waals surface area (Å²) >= 11 is 0. The highest BCUT2D eigenvalue weighted by Gasteiger charge is 2.29. The molecule has 0 bridgehead atoms. The van der Waals surface area contributed by atoms with Crippen molar-refractivity contribution in [2.45, 2.75) is 11.3 Å². The number of methoxy groups -OCH3 is 2. The first-order chi connectivity index (χ1) is 15.4. The Morgan fingerprint density at radius 2 is 1.88 bits per heavy atom. The van der Waals surface area contributed by atoms with Crippen molar-refractivity contribution in [1.82, 2.24) is 4.31 Å². The van der Waals surface area contributed by atoms with Gasteiger partial charge in [0, 0.05) is 35.8 Å². The van der Waals surface area contributed by atoms with Crippen molar-refractivity contribution in [2.75, 3.05) is 45.8 Å². The second kappa shape index (κ2) is 9.19. The Morgan fingerprint density at radius 3 is 2.59 bits per heavy atom. The number of nitrogens with one attached hydrogen (secondary N) is 1. The predicted molar refractivity (Wildman–Crippen MR) is 118 cm³/mol. The third-order valence-electron chi connectivity index (χ3n) is 5.25. The maximum atomic E-state index is 13.1. The summed E-state index contributed by atoms with van der Waals surface area (Å²) in [6.07, 6.45) is 1.60. The van der Waals surface area contributed by atoms with Gasteiger partial charge in [0.25, 0.3) is 0 Å². The Morgan fingerprint density at radius 1 is 1.09 bits per heavy atom. The second-order valence-electron chi connectivity index (χ2n) is 7.23. The van der Waals surface area contributed by atoms with Crippen LogP contribution in [0.4, 0.5) is 5.69 Å². The topological polar surface area (TPSA) is 107 Å². The number of furan rings is 1. The number of carbonyl (C=O) groups excluding carboxylic acids is 1. The summed E-state index contributed by atoms with van der Waals surface area (Å²) in [5.41, 5.74) is 1.70. The molecule has 0 unspecified atom stereocenters. The molecule has 3 aromatic rings. The number of ether oxygens (including phenoxy) is 3. The van der Waals surface area contributed by atoms with Gasteiger partial charge in [0.2, 0.25) is 15.9 Å². The van der Waals surface area contributed by atoms with Crippen molar-refractivity contribution in [1.29, 1.82) is 0 Å². The summed E-state index contributed by atoms with van der Waals surface area (Å²) in [6, 6.07) is 9.94. The third kappa shape index (κ3) is 4.43. The molecule has 1 aromatic heterocycles. The van der Waals surface area contributed by atoms with E-state index in [0.717, 1.165) is 10.9 Å². The number of fused-ring (bicyclic) bond motifs is 1. The van der Waals surface area contributed by atoms with Crippen molar-refractivity contribution < 1.29 is 31.8 Å². The van der Waals surface area contributed by atoms with E-state index in [1.54, 1.807) is 25.3 Å². The minimum absolute atomic E-state index is 0.000515. The highest BCUT2D eigenvalue weighted by molar-refractivity contribution is 7.89. The van der Waals surface area contributed by atoms with Gasteiger partial charge in [0.1, 0.15) is 22.0 Å². The number of sulfonamides is 1. The molecule has 32 heavy (non-hydrogen) atoms. The first-order valence-corrected chi connectivity index (χ1v) is 11.5. The normalized spacial score (nSPS) is 14.9. The predicted octanol–water partition coefficient (Wildman–Crippen LogP) is 2.65. The summed E-state index contributed by atoms with van der Waals surface area (Å²) in [5, 5.41) is 3.58. The summed E-state index contributed by atoms with van der Waals surface area (Å²) in [7, 11) is -0.820. The molecule has 0 aliphatic carbocycles. The molecule has 1 N–H and O–H groups in total. The van der Waals surface area contributed by atoms with E-state index >= 15 is 0 Å². The van der Waals surface area contributed by atoms with Gasteiger partial charge in [-0.1, -0.05) is 0 Å². The largest absolute Gasteiger partial charge is 0.497 e. The van der Waals surface area contributed by atoms with Crippen LogP contribution in [0.2, 0.25) is 0 Å². The van der Waals surface area contributed by atoms with E-state index in [1.807, 2.05) is 6.07 Å². The van der Waals surface area contributed by atoms with E-state index in [9.17, 15) is 13.2 Å². The molecule has 1 fully saturated rings. The van der Waals surface area contributed by atoms with Crippen LogP contribution in [0.5, 0.6) is 11.5 Å². The number of rotatable bonds is 7. The van der Waals surface area contributed by atoms with Gasteiger partial charge in [-0.3, -0.25) is 4.79 Å². The molecule has 9 nitrogen and oxygen atoms in total. The maximum Gasteiger partial charge on any atom is 0.246 e. The molecule has 0 atom stereocenters. The number of anilines is 1. The molecule has 2 aromatic carbocycles. The minimum Gasteiger partial charge on any atom is -0.497 e. The molecule has 0 spiro atoms. The first-order valence-electron chi connectivity index (χ1n) is 10.0. The monoisotopic (exact) mass is 460 g/mol. The lowest BCUT2D eigenvalue weighted by atomic mass is 10.1. The van der Waals surface area contributed by atoms with E-state index in [2.05, 4.69) is 5.32 Å². The molecule has 1 saturated heterocycles. The van der Waals surface area contributed by atoms with Crippen LogP contribution in [0.15, 0.2) is 52.0 Å². The highest BCUT2D eigenvalue weighted by Crippen LogP contribution is 2.31. The quantitative estimate of drug-likeness (QED) is 0.578. The van der Waals surface area contributed by atoms with Gasteiger partial charge < -0.3 is 23.9 Å². The number of morpholine rings is 1. The summed E-state index contributed by atoms with van der Waals surface area (Å²) in [4.78, 5) is 12.7.